The third kappa shape index (κ3) is 3.54. The highest BCUT2D eigenvalue weighted by Gasteiger charge is 2.36. The van der Waals surface area contributed by atoms with Crippen molar-refractivity contribution in [3.8, 4) is 5.75 Å². The fraction of sp³-hybridized carbons (Fsp3) is 0.0500. The van der Waals surface area contributed by atoms with Gasteiger partial charge in [0.2, 0.25) is 0 Å². The molecule has 2 aromatic rings. The molecule has 0 saturated carbocycles. The summed E-state index contributed by atoms with van der Waals surface area (Å²) in [6, 6.07) is 15.1. The summed E-state index contributed by atoms with van der Waals surface area (Å²) in [5, 5.41) is 2.18. The van der Waals surface area contributed by atoms with Gasteiger partial charge in [-0.05, 0) is 23.8 Å². The van der Waals surface area contributed by atoms with Crippen molar-refractivity contribution in [2.75, 3.05) is 12.0 Å². The van der Waals surface area contributed by atoms with Crippen LogP contribution < -0.4 is 15.0 Å². The van der Waals surface area contributed by atoms with Gasteiger partial charge in [-0.2, -0.15) is 0 Å². The first-order chi connectivity index (χ1) is 12.6. The van der Waals surface area contributed by atoms with Crippen LogP contribution in [-0.4, -0.2) is 25.0 Å². The Morgan fingerprint density at radius 2 is 1.77 bits per heavy atom. The molecule has 1 N–H and O–H groups in total. The molecule has 26 heavy (non-hydrogen) atoms. The molecule has 0 aromatic heterocycles. The zero-order valence-corrected chi connectivity index (χ0v) is 14.0. The molecule has 6 heteroatoms. The van der Waals surface area contributed by atoms with E-state index in [1.807, 2.05) is 30.3 Å². The summed E-state index contributed by atoms with van der Waals surface area (Å²) in [7, 11) is 1.49. The van der Waals surface area contributed by atoms with E-state index < -0.39 is 17.8 Å². The van der Waals surface area contributed by atoms with Gasteiger partial charge in [-0.1, -0.05) is 48.6 Å². The average molecular weight is 348 g/mol. The Morgan fingerprint density at radius 1 is 1.00 bits per heavy atom. The third-order valence-electron chi connectivity index (χ3n) is 3.76. The number of urea groups is 1. The minimum atomic E-state index is -0.794. The number of nitrogens with zero attached hydrogens (tertiary/aromatic N) is 1. The van der Waals surface area contributed by atoms with Crippen molar-refractivity contribution in [1.29, 1.82) is 0 Å². The number of ether oxygens (including phenoxy) is 1. The molecule has 4 amide bonds. The number of amides is 4. The van der Waals surface area contributed by atoms with Gasteiger partial charge in [-0.15, -0.1) is 0 Å². The lowest BCUT2D eigenvalue weighted by Crippen LogP contribution is -2.54. The molecule has 1 aliphatic heterocycles. The number of imide groups is 2. The zero-order chi connectivity index (χ0) is 18.5. The highest BCUT2D eigenvalue weighted by molar-refractivity contribution is 6.37. The minimum absolute atomic E-state index is 0.125. The van der Waals surface area contributed by atoms with Gasteiger partial charge >= 0.3 is 6.03 Å². The number of barbiturate groups is 1. The van der Waals surface area contributed by atoms with Gasteiger partial charge in [0.25, 0.3) is 11.8 Å². The molecule has 1 aliphatic rings. The lowest BCUT2D eigenvalue weighted by atomic mass is 10.1. The van der Waals surface area contributed by atoms with E-state index in [1.165, 1.54) is 13.2 Å². The Labute approximate surface area is 150 Å². The Hall–Kier alpha value is -3.67. The number of carbonyl (C=O) groups is 3. The zero-order valence-electron chi connectivity index (χ0n) is 14.0. The molecule has 0 spiro atoms. The highest BCUT2D eigenvalue weighted by atomic mass is 16.5. The predicted octanol–water partition coefficient (Wildman–Crippen LogP) is 2.92. The van der Waals surface area contributed by atoms with E-state index in [0.29, 0.717) is 11.4 Å². The fourth-order valence-corrected chi connectivity index (χ4v) is 2.48. The molecule has 0 radical (unpaired) electrons. The largest absolute Gasteiger partial charge is 0.497 e. The summed E-state index contributed by atoms with van der Waals surface area (Å²) in [5.41, 5.74) is 1.12. The van der Waals surface area contributed by atoms with Gasteiger partial charge in [0.15, 0.2) is 0 Å². The standard InChI is InChI=1S/C20H16N2O4/c1-26-16-11-6-10-15(13-16)22-19(24)17(18(23)21-20(22)25)12-5-9-14-7-3-2-4-8-14/h2-13H,1H3,(H,21,23,25)/b9-5+,17-12-. The van der Waals surface area contributed by atoms with E-state index in [1.54, 1.807) is 36.4 Å². The van der Waals surface area contributed by atoms with Crippen LogP contribution in [0, 0.1) is 0 Å². The van der Waals surface area contributed by atoms with Gasteiger partial charge in [-0.3, -0.25) is 14.9 Å². The molecule has 0 atom stereocenters. The number of carbonyl (C=O) groups excluding carboxylic acids is 3. The van der Waals surface area contributed by atoms with E-state index in [0.717, 1.165) is 10.5 Å². The number of methoxy groups -OCH3 is 1. The number of nitrogens with one attached hydrogen (secondary N) is 1. The molecule has 0 aliphatic carbocycles. The second kappa shape index (κ2) is 7.48. The second-order valence-electron chi connectivity index (χ2n) is 5.45. The lowest BCUT2D eigenvalue weighted by Gasteiger charge is -2.26. The maximum absolute atomic E-state index is 12.7. The Morgan fingerprint density at radius 3 is 2.50 bits per heavy atom. The second-order valence-corrected chi connectivity index (χ2v) is 5.45. The van der Waals surface area contributed by atoms with Crippen molar-refractivity contribution in [2.45, 2.75) is 0 Å². The summed E-state index contributed by atoms with van der Waals surface area (Å²) in [6.07, 6.45) is 4.76. The summed E-state index contributed by atoms with van der Waals surface area (Å²) in [5.74, 6) is -0.920. The molecule has 6 nitrogen and oxygen atoms in total. The first kappa shape index (κ1) is 17.2. The minimum Gasteiger partial charge on any atom is -0.497 e. The van der Waals surface area contributed by atoms with Crippen molar-refractivity contribution in [2.24, 2.45) is 0 Å². The first-order valence-electron chi connectivity index (χ1n) is 7.87. The summed E-state index contributed by atoms with van der Waals surface area (Å²) in [4.78, 5) is 37.8. The summed E-state index contributed by atoms with van der Waals surface area (Å²) >= 11 is 0. The van der Waals surface area contributed by atoms with Crippen molar-refractivity contribution < 1.29 is 19.1 Å². The quantitative estimate of drug-likeness (QED) is 0.681. The van der Waals surface area contributed by atoms with Crippen LogP contribution >= 0.6 is 0 Å². The van der Waals surface area contributed by atoms with E-state index in [2.05, 4.69) is 5.32 Å². The predicted molar refractivity (Wildman–Crippen MR) is 97.6 cm³/mol. The number of rotatable bonds is 4. The van der Waals surface area contributed by atoms with Crippen molar-refractivity contribution in [1.82, 2.24) is 5.32 Å². The van der Waals surface area contributed by atoms with Crippen LogP contribution in [0.15, 0.2) is 72.3 Å². The Balaban J connectivity index is 1.90. The summed E-state index contributed by atoms with van der Waals surface area (Å²) in [6.45, 7) is 0. The average Bonchev–Trinajstić information content (AvgIpc) is 2.65. The number of hydrogen-bond acceptors (Lipinski definition) is 4. The van der Waals surface area contributed by atoms with Crippen LogP contribution in [0.25, 0.3) is 6.08 Å². The van der Waals surface area contributed by atoms with E-state index in [4.69, 9.17) is 4.74 Å². The van der Waals surface area contributed by atoms with Gasteiger partial charge < -0.3 is 4.74 Å². The van der Waals surface area contributed by atoms with E-state index in [-0.39, 0.29) is 5.57 Å². The highest BCUT2D eigenvalue weighted by Crippen LogP contribution is 2.24. The molecule has 1 heterocycles. The number of hydrogen-bond donors (Lipinski definition) is 1. The number of anilines is 1. The SMILES string of the molecule is COc1cccc(N2C(=O)NC(=O)/C(=C/C=C/c3ccccc3)C2=O)c1. The monoisotopic (exact) mass is 348 g/mol. The van der Waals surface area contributed by atoms with Crippen molar-refractivity contribution >= 4 is 29.6 Å². The van der Waals surface area contributed by atoms with Crippen molar-refractivity contribution in [3.05, 3.63) is 77.9 Å². The van der Waals surface area contributed by atoms with Crippen LogP contribution in [0.1, 0.15) is 5.56 Å². The molecule has 130 valence electrons. The molecule has 3 rings (SSSR count). The molecular weight excluding hydrogens is 332 g/mol. The Kier molecular flexibility index (Phi) is 4.94. The molecule has 0 unspecified atom stereocenters. The van der Waals surface area contributed by atoms with Crippen LogP contribution in [0.3, 0.4) is 0 Å². The summed E-state index contributed by atoms with van der Waals surface area (Å²) < 4.78 is 5.12. The van der Waals surface area contributed by atoms with Crippen LogP contribution in [0.2, 0.25) is 0 Å². The molecule has 1 saturated heterocycles. The topological polar surface area (TPSA) is 75.7 Å². The smallest absolute Gasteiger partial charge is 0.335 e. The van der Waals surface area contributed by atoms with Gasteiger partial charge in [-0.25, -0.2) is 9.69 Å². The van der Waals surface area contributed by atoms with Crippen LogP contribution in [0.5, 0.6) is 5.75 Å². The third-order valence-corrected chi connectivity index (χ3v) is 3.76. The maximum atomic E-state index is 12.7. The lowest BCUT2D eigenvalue weighted by molar-refractivity contribution is -0.122. The van der Waals surface area contributed by atoms with Crippen LogP contribution in [-0.2, 0) is 9.59 Å². The number of benzene rings is 2. The molecular formula is C20H16N2O4. The first-order valence-corrected chi connectivity index (χ1v) is 7.87. The maximum Gasteiger partial charge on any atom is 0.335 e. The van der Waals surface area contributed by atoms with Gasteiger partial charge in [0.05, 0.1) is 12.8 Å². The molecule has 1 fully saturated rings. The molecule has 2 aromatic carbocycles. The van der Waals surface area contributed by atoms with Gasteiger partial charge in [0.1, 0.15) is 11.3 Å². The van der Waals surface area contributed by atoms with Gasteiger partial charge in [0, 0.05) is 6.07 Å². The normalized spacial score (nSPS) is 16.3. The van der Waals surface area contributed by atoms with E-state index >= 15 is 0 Å². The fourth-order valence-electron chi connectivity index (χ4n) is 2.48. The molecule has 0 bridgehead atoms. The Bertz CT molecular complexity index is 916. The van der Waals surface area contributed by atoms with Crippen molar-refractivity contribution in [3.63, 3.8) is 0 Å². The van der Waals surface area contributed by atoms with Crippen LogP contribution in [0.4, 0.5) is 10.5 Å². The number of allylic oxidation sites excluding steroid dienone is 2. The van der Waals surface area contributed by atoms with E-state index in [9.17, 15) is 14.4 Å².